The number of aryl methyl sites for hydroxylation is 1. The van der Waals surface area contributed by atoms with Gasteiger partial charge in [0.25, 0.3) is 5.91 Å². The Morgan fingerprint density at radius 1 is 0.929 bits per heavy atom. The number of aliphatic hydroxyl groups is 1. The normalized spacial score (nSPS) is 11.7. The number of halogens is 4. The maximum absolute atomic E-state index is 14.6. The van der Waals surface area contributed by atoms with Gasteiger partial charge in [-0.3, -0.25) is 4.79 Å². The van der Waals surface area contributed by atoms with Crippen molar-refractivity contribution in [1.82, 2.24) is 4.90 Å². The number of furan rings is 1. The number of aliphatic hydroxyl groups excluding tert-OH is 1. The van der Waals surface area contributed by atoms with Crippen LogP contribution in [0.25, 0.3) is 21.9 Å². The van der Waals surface area contributed by atoms with Crippen LogP contribution in [-0.2, 0) is 25.9 Å². The maximum Gasteiger partial charge on any atom is 0.449 e. The van der Waals surface area contributed by atoms with Crippen LogP contribution in [0.5, 0.6) is 0 Å². The van der Waals surface area contributed by atoms with Gasteiger partial charge < -0.3 is 14.4 Å². The van der Waals surface area contributed by atoms with Gasteiger partial charge in [0.15, 0.2) is 0 Å². The third kappa shape index (κ3) is 6.07. The van der Waals surface area contributed by atoms with Crippen molar-refractivity contribution in [3.05, 3.63) is 125 Å². The molecule has 0 aliphatic heterocycles. The minimum absolute atomic E-state index is 0.00854. The summed E-state index contributed by atoms with van der Waals surface area (Å²) in [6, 6.07) is 23.7. The van der Waals surface area contributed by atoms with Crippen LogP contribution in [0.2, 0.25) is 0 Å². The fraction of sp³-hybridized carbons (Fsp3) is 0.182. The topological polar surface area (TPSA) is 53.7 Å². The van der Waals surface area contributed by atoms with Crippen molar-refractivity contribution in [3.63, 3.8) is 0 Å². The number of rotatable bonds is 8. The van der Waals surface area contributed by atoms with Crippen molar-refractivity contribution in [2.45, 2.75) is 37.7 Å². The summed E-state index contributed by atoms with van der Waals surface area (Å²) in [6.45, 7) is 1.34. The van der Waals surface area contributed by atoms with Crippen LogP contribution in [0.3, 0.4) is 0 Å². The molecular formula is C33H27F4NO3S. The van der Waals surface area contributed by atoms with E-state index in [0.717, 1.165) is 33.5 Å². The summed E-state index contributed by atoms with van der Waals surface area (Å²) in [5, 5.41) is 11.1. The molecule has 5 rings (SSSR count). The average molecular weight is 594 g/mol. The van der Waals surface area contributed by atoms with Gasteiger partial charge in [0.1, 0.15) is 11.6 Å². The van der Waals surface area contributed by atoms with E-state index in [1.165, 1.54) is 28.8 Å². The van der Waals surface area contributed by atoms with Crippen molar-refractivity contribution >= 4 is 28.4 Å². The number of alkyl halides is 3. The summed E-state index contributed by atoms with van der Waals surface area (Å²) >= 11 is 1.34. The summed E-state index contributed by atoms with van der Waals surface area (Å²) in [7, 11) is 0. The number of hydrogen-bond acceptors (Lipinski definition) is 4. The molecule has 4 nitrogen and oxygen atoms in total. The van der Waals surface area contributed by atoms with Gasteiger partial charge in [-0.2, -0.15) is 13.2 Å². The first-order valence-electron chi connectivity index (χ1n) is 13.1. The highest BCUT2D eigenvalue weighted by atomic mass is 32.2. The summed E-state index contributed by atoms with van der Waals surface area (Å²) in [5.41, 5.74) is 3.55. The lowest BCUT2D eigenvalue weighted by Gasteiger charge is -2.24. The lowest BCUT2D eigenvalue weighted by atomic mass is 9.98. The molecule has 5 aromatic rings. The molecule has 0 bridgehead atoms. The molecule has 0 spiro atoms. The fourth-order valence-corrected chi connectivity index (χ4v) is 5.62. The lowest BCUT2D eigenvalue weighted by Crippen LogP contribution is -2.30. The Bertz CT molecular complexity index is 1750. The van der Waals surface area contributed by atoms with Gasteiger partial charge in [-0.05, 0) is 70.5 Å². The number of carbonyl (C=O) groups is 1. The van der Waals surface area contributed by atoms with Gasteiger partial charge in [0.05, 0.1) is 18.7 Å². The van der Waals surface area contributed by atoms with Gasteiger partial charge in [0, 0.05) is 17.0 Å². The Morgan fingerprint density at radius 3 is 2.33 bits per heavy atom. The molecule has 1 amide bonds. The van der Waals surface area contributed by atoms with E-state index in [1.54, 1.807) is 30.5 Å². The van der Waals surface area contributed by atoms with Crippen LogP contribution in [-0.4, -0.2) is 22.2 Å². The number of hydrogen-bond donors (Lipinski definition) is 1. The molecule has 0 unspecified atom stereocenters. The van der Waals surface area contributed by atoms with E-state index in [0.29, 0.717) is 16.0 Å². The van der Waals surface area contributed by atoms with E-state index in [1.807, 2.05) is 49.4 Å². The Morgan fingerprint density at radius 2 is 1.67 bits per heavy atom. The molecule has 1 heterocycles. The zero-order valence-corrected chi connectivity index (χ0v) is 23.7. The molecule has 0 aliphatic carbocycles. The van der Waals surface area contributed by atoms with Crippen LogP contribution < -0.4 is 0 Å². The van der Waals surface area contributed by atoms with E-state index in [-0.39, 0.29) is 30.3 Å². The van der Waals surface area contributed by atoms with Gasteiger partial charge in [-0.1, -0.05) is 60.7 Å². The summed E-state index contributed by atoms with van der Waals surface area (Å²) < 4.78 is 59.3. The van der Waals surface area contributed by atoms with E-state index < -0.39 is 24.4 Å². The smallest absolute Gasteiger partial charge is 0.449 e. The Hall–Kier alpha value is -4.08. The number of carbonyl (C=O) groups excluding carboxylic acids is 1. The zero-order valence-electron chi connectivity index (χ0n) is 22.8. The quantitative estimate of drug-likeness (QED) is 0.145. The van der Waals surface area contributed by atoms with Crippen molar-refractivity contribution in [1.29, 1.82) is 0 Å². The highest BCUT2D eigenvalue weighted by Crippen LogP contribution is 2.33. The Kier molecular flexibility index (Phi) is 8.43. The number of benzene rings is 4. The number of amides is 1. The van der Waals surface area contributed by atoms with Crippen molar-refractivity contribution in [3.8, 4) is 11.1 Å². The van der Waals surface area contributed by atoms with E-state index in [4.69, 9.17) is 4.42 Å². The lowest BCUT2D eigenvalue weighted by molar-refractivity contribution is -0.153. The van der Waals surface area contributed by atoms with Crippen LogP contribution in [0.15, 0.2) is 94.2 Å². The summed E-state index contributed by atoms with van der Waals surface area (Å²) in [5.74, 6) is -1.96. The second kappa shape index (κ2) is 12.0. The number of thioether (sulfide) groups is 1. The maximum atomic E-state index is 14.6. The monoisotopic (exact) mass is 593 g/mol. The first-order chi connectivity index (χ1) is 20.1. The van der Waals surface area contributed by atoms with Crippen LogP contribution >= 0.6 is 11.8 Å². The number of nitrogens with zero attached hydrogens (tertiary/aromatic N) is 1. The molecule has 9 heteroatoms. The average Bonchev–Trinajstić information content (AvgIpc) is 3.46. The van der Waals surface area contributed by atoms with Crippen LogP contribution in [0, 0.1) is 12.7 Å². The fourth-order valence-electron chi connectivity index (χ4n) is 4.96. The van der Waals surface area contributed by atoms with E-state index in [2.05, 4.69) is 0 Å². The molecule has 4 aromatic carbocycles. The molecule has 1 aromatic heterocycles. The highest BCUT2D eigenvalue weighted by Gasteiger charge is 2.35. The van der Waals surface area contributed by atoms with E-state index >= 15 is 0 Å². The highest BCUT2D eigenvalue weighted by molar-refractivity contribution is 7.98. The zero-order chi connectivity index (χ0) is 30.0. The third-order valence-corrected chi connectivity index (χ3v) is 7.92. The predicted octanol–water partition coefficient (Wildman–Crippen LogP) is 8.62. The standard InChI is InChI=1S/C33H27F4NO3S/c1-20-7-10-23-5-3-4-6-26(23)31(20)32(40)38(18-25-13-14-30(41-25)33(35,36)37)17-21-8-11-22(12-9-21)24-15-28(34)27(19-39)29(16-24)42-2/h3-16,39H,17-19H2,1-2H3. The summed E-state index contributed by atoms with van der Waals surface area (Å²) in [6.07, 6.45) is -2.83. The number of fused-ring (bicyclic) bond motifs is 1. The predicted molar refractivity (Wildman–Crippen MR) is 156 cm³/mol. The molecule has 0 aliphatic rings. The molecule has 0 atom stereocenters. The molecule has 0 saturated carbocycles. The first kappa shape index (κ1) is 29.4. The minimum Gasteiger partial charge on any atom is -0.455 e. The first-order valence-corrected chi connectivity index (χ1v) is 14.3. The van der Waals surface area contributed by atoms with Crippen molar-refractivity contribution < 1.29 is 31.9 Å². The van der Waals surface area contributed by atoms with E-state index in [9.17, 15) is 27.5 Å². The minimum atomic E-state index is -4.64. The summed E-state index contributed by atoms with van der Waals surface area (Å²) in [4.78, 5) is 16.1. The molecule has 1 N–H and O–H groups in total. The van der Waals surface area contributed by atoms with Crippen molar-refractivity contribution in [2.75, 3.05) is 6.26 Å². The van der Waals surface area contributed by atoms with Gasteiger partial charge in [0.2, 0.25) is 5.76 Å². The second-order valence-corrected chi connectivity index (χ2v) is 10.7. The van der Waals surface area contributed by atoms with Gasteiger partial charge in [-0.15, -0.1) is 11.8 Å². The molecule has 0 radical (unpaired) electrons. The Balaban J connectivity index is 1.49. The molecule has 0 saturated heterocycles. The Labute approximate surface area is 244 Å². The second-order valence-electron chi connectivity index (χ2n) is 9.90. The third-order valence-electron chi connectivity index (χ3n) is 7.12. The molecule has 42 heavy (non-hydrogen) atoms. The SMILES string of the molecule is CSc1cc(-c2ccc(CN(Cc3ccc(C(F)(F)F)o3)C(=O)c3c(C)ccc4ccccc34)cc2)cc(F)c1CO. The van der Waals surface area contributed by atoms with Crippen LogP contribution in [0.4, 0.5) is 17.6 Å². The van der Waals surface area contributed by atoms with Gasteiger partial charge >= 0.3 is 6.18 Å². The molecular weight excluding hydrogens is 566 g/mol. The van der Waals surface area contributed by atoms with Crippen LogP contribution in [0.1, 0.15) is 38.6 Å². The largest absolute Gasteiger partial charge is 0.455 e. The molecule has 0 fully saturated rings. The van der Waals surface area contributed by atoms with Gasteiger partial charge in [-0.25, -0.2) is 4.39 Å². The van der Waals surface area contributed by atoms with Crippen molar-refractivity contribution in [2.24, 2.45) is 0 Å². The molecule has 216 valence electrons.